The van der Waals surface area contributed by atoms with Crippen molar-refractivity contribution in [3.05, 3.63) is 36.0 Å². The molecule has 4 nitrogen and oxygen atoms in total. The standard InChI is InChI=1S/C17H21N3O/c1-11-7-8-20(12(2)9-11)17(21)15-10-19-16(18)14-6-4-3-5-13(14)15/h3-6,10-12H,7-9H2,1-2H3,(H2,18,19). The summed E-state index contributed by atoms with van der Waals surface area (Å²) in [5, 5.41) is 1.74. The zero-order valence-corrected chi connectivity index (χ0v) is 12.5. The third-order valence-corrected chi connectivity index (χ3v) is 4.46. The number of hydrogen-bond acceptors (Lipinski definition) is 3. The maximum atomic E-state index is 12.9. The van der Waals surface area contributed by atoms with Crippen molar-refractivity contribution in [2.45, 2.75) is 32.7 Å². The van der Waals surface area contributed by atoms with Gasteiger partial charge in [0.15, 0.2) is 0 Å². The first-order valence-electron chi connectivity index (χ1n) is 7.52. The maximum Gasteiger partial charge on any atom is 0.256 e. The summed E-state index contributed by atoms with van der Waals surface area (Å²) in [7, 11) is 0. The Kier molecular flexibility index (Phi) is 3.53. The second-order valence-electron chi connectivity index (χ2n) is 6.08. The lowest BCUT2D eigenvalue weighted by molar-refractivity contribution is 0.0590. The highest BCUT2D eigenvalue weighted by Gasteiger charge is 2.28. The lowest BCUT2D eigenvalue weighted by Crippen LogP contribution is -2.44. The second-order valence-corrected chi connectivity index (χ2v) is 6.08. The van der Waals surface area contributed by atoms with E-state index in [1.54, 1.807) is 6.20 Å². The highest BCUT2D eigenvalue weighted by molar-refractivity contribution is 6.09. The fraction of sp³-hybridized carbons (Fsp3) is 0.412. The number of amides is 1. The van der Waals surface area contributed by atoms with Crippen molar-refractivity contribution in [2.24, 2.45) is 5.92 Å². The number of nitrogens with two attached hydrogens (primary N) is 1. The van der Waals surface area contributed by atoms with E-state index in [1.165, 1.54) is 0 Å². The minimum absolute atomic E-state index is 0.0677. The Morgan fingerprint density at radius 1 is 1.29 bits per heavy atom. The van der Waals surface area contributed by atoms with Crippen molar-refractivity contribution in [1.82, 2.24) is 9.88 Å². The summed E-state index contributed by atoms with van der Waals surface area (Å²) >= 11 is 0. The Morgan fingerprint density at radius 3 is 2.71 bits per heavy atom. The molecule has 0 aliphatic carbocycles. The van der Waals surface area contributed by atoms with Gasteiger partial charge in [0.1, 0.15) is 5.82 Å². The molecule has 21 heavy (non-hydrogen) atoms. The summed E-state index contributed by atoms with van der Waals surface area (Å²) in [4.78, 5) is 19.1. The minimum Gasteiger partial charge on any atom is -0.383 e. The van der Waals surface area contributed by atoms with Crippen molar-refractivity contribution >= 4 is 22.5 Å². The van der Waals surface area contributed by atoms with Crippen LogP contribution >= 0.6 is 0 Å². The average Bonchev–Trinajstić information content (AvgIpc) is 2.47. The minimum atomic E-state index is 0.0677. The van der Waals surface area contributed by atoms with Crippen LogP contribution in [0, 0.1) is 5.92 Å². The van der Waals surface area contributed by atoms with Gasteiger partial charge in [0.2, 0.25) is 0 Å². The number of carbonyl (C=O) groups is 1. The topological polar surface area (TPSA) is 59.2 Å². The van der Waals surface area contributed by atoms with Crippen LogP contribution in [0.25, 0.3) is 10.8 Å². The van der Waals surface area contributed by atoms with Crippen LogP contribution in [-0.4, -0.2) is 28.4 Å². The smallest absolute Gasteiger partial charge is 0.256 e. The molecule has 2 heterocycles. The monoisotopic (exact) mass is 283 g/mol. The maximum absolute atomic E-state index is 12.9. The molecule has 3 rings (SSSR count). The lowest BCUT2D eigenvalue weighted by Gasteiger charge is -2.36. The van der Waals surface area contributed by atoms with E-state index in [1.807, 2.05) is 29.2 Å². The van der Waals surface area contributed by atoms with Gasteiger partial charge in [-0.15, -0.1) is 0 Å². The van der Waals surface area contributed by atoms with Crippen LogP contribution in [0.2, 0.25) is 0 Å². The van der Waals surface area contributed by atoms with E-state index in [0.717, 1.165) is 30.2 Å². The summed E-state index contributed by atoms with van der Waals surface area (Å²) in [5.74, 6) is 1.23. The van der Waals surface area contributed by atoms with Crippen molar-refractivity contribution in [3.8, 4) is 0 Å². The van der Waals surface area contributed by atoms with Crippen LogP contribution in [0.1, 0.15) is 37.0 Å². The number of benzene rings is 1. The van der Waals surface area contributed by atoms with Gasteiger partial charge < -0.3 is 10.6 Å². The van der Waals surface area contributed by atoms with Gasteiger partial charge in [0.25, 0.3) is 5.91 Å². The number of aromatic nitrogens is 1. The van der Waals surface area contributed by atoms with Crippen LogP contribution < -0.4 is 5.73 Å². The Balaban J connectivity index is 2.01. The fourth-order valence-electron chi connectivity index (χ4n) is 3.25. The first-order chi connectivity index (χ1) is 10.1. The van der Waals surface area contributed by atoms with E-state index >= 15 is 0 Å². The van der Waals surface area contributed by atoms with Gasteiger partial charge in [0, 0.05) is 24.2 Å². The third kappa shape index (κ3) is 2.46. The van der Waals surface area contributed by atoms with E-state index in [-0.39, 0.29) is 11.9 Å². The van der Waals surface area contributed by atoms with Gasteiger partial charge in [-0.2, -0.15) is 0 Å². The normalized spacial score (nSPS) is 22.5. The summed E-state index contributed by atoms with van der Waals surface area (Å²) in [6.45, 7) is 5.19. The second kappa shape index (κ2) is 5.35. The first kappa shape index (κ1) is 13.9. The van der Waals surface area contributed by atoms with E-state index in [4.69, 9.17) is 5.73 Å². The molecular weight excluding hydrogens is 262 g/mol. The third-order valence-electron chi connectivity index (χ3n) is 4.46. The molecule has 2 atom stereocenters. The summed E-state index contributed by atoms with van der Waals surface area (Å²) < 4.78 is 0. The lowest BCUT2D eigenvalue weighted by atomic mass is 9.92. The number of likely N-dealkylation sites (tertiary alicyclic amines) is 1. The van der Waals surface area contributed by atoms with Crippen LogP contribution in [0.5, 0.6) is 0 Å². The van der Waals surface area contributed by atoms with Crippen molar-refractivity contribution in [2.75, 3.05) is 12.3 Å². The molecule has 2 N–H and O–H groups in total. The van der Waals surface area contributed by atoms with Gasteiger partial charge in [-0.25, -0.2) is 4.98 Å². The van der Waals surface area contributed by atoms with Crippen LogP contribution in [-0.2, 0) is 0 Å². The summed E-state index contributed by atoms with van der Waals surface area (Å²) in [6.07, 6.45) is 3.74. The number of pyridine rings is 1. The molecule has 4 heteroatoms. The van der Waals surface area contributed by atoms with Crippen molar-refractivity contribution in [3.63, 3.8) is 0 Å². The van der Waals surface area contributed by atoms with Gasteiger partial charge in [-0.1, -0.05) is 31.2 Å². The summed E-state index contributed by atoms with van der Waals surface area (Å²) in [6, 6.07) is 7.98. The predicted molar refractivity (Wildman–Crippen MR) is 85.1 cm³/mol. The van der Waals surface area contributed by atoms with E-state index in [9.17, 15) is 4.79 Å². The van der Waals surface area contributed by atoms with Crippen LogP contribution in [0.3, 0.4) is 0 Å². The Morgan fingerprint density at radius 2 is 2.00 bits per heavy atom. The molecule has 1 aliphatic rings. The highest BCUT2D eigenvalue weighted by atomic mass is 16.2. The molecule has 0 bridgehead atoms. The van der Waals surface area contributed by atoms with Crippen LogP contribution in [0.15, 0.2) is 30.5 Å². The SMILES string of the molecule is CC1CCN(C(=O)c2cnc(N)c3ccccc23)C(C)C1. The molecule has 0 spiro atoms. The molecule has 1 aliphatic heterocycles. The number of nitrogens with zero attached hydrogens (tertiary/aromatic N) is 2. The Bertz CT molecular complexity index is 683. The number of anilines is 1. The quantitative estimate of drug-likeness (QED) is 0.875. The van der Waals surface area contributed by atoms with Gasteiger partial charge in [-0.05, 0) is 31.1 Å². The fourth-order valence-corrected chi connectivity index (χ4v) is 3.25. The molecule has 0 radical (unpaired) electrons. The molecule has 1 aromatic heterocycles. The van der Waals surface area contributed by atoms with Crippen molar-refractivity contribution in [1.29, 1.82) is 0 Å². The Hall–Kier alpha value is -2.10. The Labute approximate surface area is 125 Å². The molecule has 1 aromatic carbocycles. The van der Waals surface area contributed by atoms with Gasteiger partial charge in [-0.3, -0.25) is 4.79 Å². The highest BCUT2D eigenvalue weighted by Crippen LogP contribution is 2.27. The molecule has 1 amide bonds. The number of piperidine rings is 1. The largest absolute Gasteiger partial charge is 0.383 e. The number of rotatable bonds is 1. The van der Waals surface area contributed by atoms with Gasteiger partial charge in [0.05, 0.1) is 5.56 Å². The zero-order chi connectivity index (χ0) is 15.0. The summed E-state index contributed by atoms with van der Waals surface area (Å²) in [5.41, 5.74) is 6.57. The molecule has 110 valence electrons. The molecule has 0 saturated carbocycles. The van der Waals surface area contributed by atoms with Crippen molar-refractivity contribution < 1.29 is 4.79 Å². The van der Waals surface area contributed by atoms with E-state index in [2.05, 4.69) is 18.8 Å². The first-order valence-corrected chi connectivity index (χ1v) is 7.52. The number of hydrogen-bond donors (Lipinski definition) is 1. The van der Waals surface area contributed by atoms with E-state index < -0.39 is 0 Å². The van der Waals surface area contributed by atoms with Gasteiger partial charge >= 0.3 is 0 Å². The molecule has 1 fully saturated rings. The zero-order valence-electron chi connectivity index (χ0n) is 12.5. The van der Waals surface area contributed by atoms with Crippen LogP contribution in [0.4, 0.5) is 5.82 Å². The predicted octanol–water partition coefficient (Wildman–Crippen LogP) is 3.08. The molecule has 2 unspecified atom stereocenters. The number of fused-ring (bicyclic) bond motifs is 1. The number of carbonyl (C=O) groups excluding carboxylic acids is 1. The van der Waals surface area contributed by atoms with E-state index in [0.29, 0.717) is 17.3 Å². The average molecular weight is 283 g/mol. The molecule has 2 aromatic rings. The molecular formula is C17H21N3O. The molecule has 1 saturated heterocycles. The number of nitrogen functional groups attached to an aromatic ring is 1.